The molecule has 2 unspecified atom stereocenters. The molecule has 0 bridgehead atoms. The molecule has 0 saturated carbocycles. The first-order valence-electron chi connectivity index (χ1n) is 25.8. The Morgan fingerprint density at radius 2 is 0.903 bits per heavy atom. The van der Waals surface area contributed by atoms with E-state index in [0.717, 1.165) is 57.8 Å². The molecular weight excluding hydrogens is 794 g/mol. The van der Waals surface area contributed by atoms with Gasteiger partial charge >= 0.3 is 13.8 Å². The third kappa shape index (κ3) is 49.2. The maximum absolute atomic E-state index is 12.7. The number of unbranched alkanes of at least 4 members (excludes halogenated alkanes) is 26. The minimum absolute atomic E-state index is 0.0979. The van der Waals surface area contributed by atoms with E-state index in [0.29, 0.717) is 13.0 Å². The molecule has 0 spiro atoms. The van der Waals surface area contributed by atoms with Crippen LogP contribution in [0.4, 0.5) is 0 Å². The molecule has 0 aromatic carbocycles. The molecule has 0 aliphatic heterocycles. The lowest BCUT2D eigenvalue weighted by atomic mass is 10.0. The van der Waals surface area contributed by atoms with Gasteiger partial charge in [-0.15, -0.1) is 0 Å². The molecular formula is C53H98NO7P. The van der Waals surface area contributed by atoms with E-state index in [1.165, 1.54) is 154 Å². The summed E-state index contributed by atoms with van der Waals surface area (Å²) in [4.78, 5) is 22.6. The van der Waals surface area contributed by atoms with E-state index in [1.54, 1.807) is 0 Å². The second kappa shape index (κ2) is 50.2. The summed E-state index contributed by atoms with van der Waals surface area (Å²) in [6.45, 7) is 4.82. The molecule has 0 radical (unpaired) electrons. The van der Waals surface area contributed by atoms with Crippen molar-refractivity contribution < 1.29 is 32.8 Å². The van der Waals surface area contributed by atoms with Crippen LogP contribution in [0.2, 0.25) is 0 Å². The van der Waals surface area contributed by atoms with Crippen LogP contribution in [0.25, 0.3) is 0 Å². The van der Waals surface area contributed by atoms with Crippen LogP contribution in [-0.2, 0) is 27.9 Å². The van der Waals surface area contributed by atoms with Crippen LogP contribution in [0, 0.1) is 0 Å². The average Bonchev–Trinajstić information content (AvgIpc) is 3.26. The maximum Gasteiger partial charge on any atom is 0.472 e. The molecule has 0 saturated heterocycles. The summed E-state index contributed by atoms with van der Waals surface area (Å²) in [7, 11) is -4.29. The number of phosphoric acid groups is 1. The summed E-state index contributed by atoms with van der Waals surface area (Å²) in [5, 5.41) is 0. The molecule has 8 nitrogen and oxygen atoms in total. The summed E-state index contributed by atoms with van der Waals surface area (Å²) in [6.07, 6.45) is 62.5. The standard InChI is InChI=1S/C53H98NO7P/c1-3-5-7-9-11-13-15-17-19-21-23-25-26-27-28-30-32-34-36-38-40-42-44-46-53(55)61-52(51-60-62(56,57)59-49-47-54)50-58-48-45-43-41-39-37-35-33-31-29-24-22-20-18-16-14-12-10-8-6-4-2/h5,7,11,13,17-20,23,25,52H,3-4,6,8-10,12,14-16,21-22,24,26-51,54H2,1-2H3,(H,56,57)/b7-5-,13-11-,19-17-,20-18-,25-23-. The number of allylic oxidation sites excluding steroid dienone is 10. The van der Waals surface area contributed by atoms with Gasteiger partial charge in [0.2, 0.25) is 0 Å². The zero-order valence-electron chi connectivity index (χ0n) is 40.3. The molecule has 9 heteroatoms. The fraction of sp³-hybridized carbons (Fsp3) is 0.792. The van der Waals surface area contributed by atoms with E-state index < -0.39 is 13.9 Å². The predicted molar refractivity (Wildman–Crippen MR) is 266 cm³/mol. The summed E-state index contributed by atoms with van der Waals surface area (Å²) in [5.41, 5.74) is 5.39. The highest BCUT2D eigenvalue weighted by Gasteiger charge is 2.25. The van der Waals surface area contributed by atoms with Gasteiger partial charge in [-0.25, -0.2) is 4.57 Å². The third-order valence-corrected chi connectivity index (χ3v) is 11.9. The third-order valence-electron chi connectivity index (χ3n) is 10.9. The molecule has 0 aromatic heterocycles. The van der Waals surface area contributed by atoms with Crippen molar-refractivity contribution in [3.63, 3.8) is 0 Å². The fourth-order valence-electron chi connectivity index (χ4n) is 7.16. The first-order chi connectivity index (χ1) is 30.4. The van der Waals surface area contributed by atoms with Crippen molar-refractivity contribution in [3.05, 3.63) is 60.8 Å². The highest BCUT2D eigenvalue weighted by atomic mass is 31.2. The quantitative estimate of drug-likeness (QED) is 0.0268. The van der Waals surface area contributed by atoms with Crippen LogP contribution in [0.3, 0.4) is 0 Å². The Morgan fingerprint density at radius 3 is 1.37 bits per heavy atom. The Hall–Kier alpha value is -1.80. The number of hydrogen-bond acceptors (Lipinski definition) is 7. The van der Waals surface area contributed by atoms with Crippen LogP contribution < -0.4 is 5.73 Å². The van der Waals surface area contributed by atoms with Crippen LogP contribution in [-0.4, -0.2) is 49.9 Å². The number of carbonyl (C=O) groups excluding carboxylic acids is 1. The van der Waals surface area contributed by atoms with Gasteiger partial charge in [-0.2, -0.15) is 0 Å². The van der Waals surface area contributed by atoms with Crippen LogP contribution in [0.5, 0.6) is 0 Å². The Labute approximate surface area is 383 Å². The Kier molecular flexibility index (Phi) is 48.7. The smallest absolute Gasteiger partial charge is 0.457 e. The number of hydrogen-bond donors (Lipinski definition) is 2. The molecule has 0 aliphatic rings. The molecule has 0 aliphatic carbocycles. The average molecular weight is 892 g/mol. The number of rotatable bonds is 49. The number of ether oxygens (including phenoxy) is 2. The van der Waals surface area contributed by atoms with Crippen LogP contribution >= 0.6 is 7.82 Å². The zero-order chi connectivity index (χ0) is 45.1. The van der Waals surface area contributed by atoms with Gasteiger partial charge in [0.25, 0.3) is 0 Å². The first kappa shape index (κ1) is 60.2. The van der Waals surface area contributed by atoms with Gasteiger partial charge in [-0.1, -0.05) is 209 Å². The minimum Gasteiger partial charge on any atom is -0.457 e. The monoisotopic (exact) mass is 892 g/mol. The van der Waals surface area contributed by atoms with E-state index in [2.05, 4.69) is 74.6 Å². The second-order valence-electron chi connectivity index (χ2n) is 17.0. The molecule has 362 valence electrons. The predicted octanol–water partition coefficient (Wildman–Crippen LogP) is 16.1. The molecule has 3 N–H and O–H groups in total. The van der Waals surface area contributed by atoms with Gasteiger partial charge in [0, 0.05) is 19.6 Å². The number of esters is 1. The summed E-state index contributed by atoms with van der Waals surface area (Å²) in [5.74, 6) is -0.334. The van der Waals surface area contributed by atoms with E-state index in [4.69, 9.17) is 24.3 Å². The fourth-order valence-corrected chi connectivity index (χ4v) is 7.93. The lowest BCUT2D eigenvalue weighted by molar-refractivity contribution is -0.154. The molecule has 62 heavy (non-hydrogen) atoms. The first-order valence-corrected chi connectivity index (χ1v) is 27.3. The van der Waals surface area contributed by atoms with Crippen molar-refractivity contribution in [1.82, 2.24) is 0 Å². The normalized spacial score (nSPS) is 13.8. The van der Waals surface area contributed by atoms with Crippen molar-refractivity contribution in [2.75, 3.05) is 33.0 Å². The van der Waals surface area contributed by atoms with E-state index >= 15 is 0 Å². The van der Waals surface area contributed by atoms with E-state index in [1.807, 2.05) is 0 Å². The lowest BCUT2D eigenvalue weighted by Crippen LogP contribution is -2.28. The number of phosphoric ester groups is 1. The van der Waals surface area contributed by atoms with E-state index in [-0.39, 0.29) is 32.3 Å². The molecule has 0 amide bonds. The Morgan fingerprint density at radius 1 is 0.500 bits per heavy atom. The van der Waals surface area contributed by atoms with Crippen molar-refractivity contribution in [2.24, 2.45) is 5.73 Å². The Bertz CT molecular complexity index is 1140. The van der Waals surface area contributed by atoms with Crippen LogP contribution in [0.15, 0.2) is 60.8 Å². The van der Waals surface area contributed by atoms with Gasteiger partial charge in [0.1, 0.15) is 6.10 Å². The van der Waals surface area contributed by atoms with Gasteiger partial charge in [0.15, 0.2) is 0 Å². The maximum atomic E-state index is 12.7. The SMILES string of the molecule is CC/C=C\C/C=C\C/C=C\C/C=C\CCCCCCCCCCCCC(=O)OC(COCCCCCCCCCCCC/C=C\CCCCCCCC)COP(=O)(O)OCCN. The van der Waals surface area contributed by atoms with Crippen molar-refractivity contribution in [1.29, 1.82) is 0 Å². The highest BCUT2D eigenvalue weighted by molar-refractivity contribution is 7.47. The summed E-state index contributed by atoms with van der Waals surface area (Å²) >= 11 is 0. The number of nitrogens with two attached hydrogens (primary N) is 1. The molecule has 0 heterocycles. The minimum atomic E-state index is -4.29. The summed E-state index contributed by atoms with van der Waals surface area (Å²) in [6, 6.07) is 0. The van der Waals surface area contributed by atoms with Crippen molar-refractivity contribution >= 4 is 13.8 Å². The lowest BCUT2D eigenvalue weighted by Gasteiger charge is -2.20. The summed E-state index contributed by atoms with van der Waals surface area (Å²) < 4.78 is 33.6. The van der Waals surface area contributed by atoms with Crippen molar-refractivity contribution in [3.8, 4) is 0 Å². The van der Waals surface area contributed by atoms with Crippen LogP contribution in [0.1, 0.15) is 232 Å². The van der Waals surface area contributed by atoms with E-state index in [9.17, 15) is 14.3 Å². The number of carbonyl (C=O) groups is 1. The van der Waals surface area contributed by atoms with Gasteiger partial charge in [0.05, 0.1) is 19.8 Å². The molecule has 0 rings (SSSR count). The molecule has 0 fully saturated rings. The van der Waals surface area contributed by atoms with Gasteiger partial charge < -0.3 is 20.1 Å². The zero-order valence-corrected chi connectivity index (χ0v) is 41.2. The van der Waals surface area contributed by atoms with Gasteiger partial charge in [-0.3, -0.25) is 13.8 Å². The molecule has 0 aromatic rings. The highest BCUT2D eigenvalue weighted by Crippen LogP contribution is 2.43. The largest absolute Gasteiger partial charge is 0.472 e. The van der Waals surface area contributed by atoms with Gasteiger partial charge in [-0.05, 0) is 77.0 Å². The Balaban J connectivity index is 3.95. The topological polar surface area (TPSA) is 117 Å². The van der Waals surface area contributed by atoms with Crippen molar-refractivity contribution in [2.45, 2.75) is 238 Å². The second-order valence-corrected chi connectivity index (χ2v) is 18.5. The molecule has 2 atom stereocenters.